The van der Waals surface area contributed by atoms with Crippen LogP contribution in [0.4, 0.5) is 8.78 Å². The third-order valence-electron chi connectivity index (χ3n) is 2.95. The molecule has 0 saturated carbocycles. The third-order valence-corrected chi connectivity index (χ3v) is 2.95. The zero-order valence-corrected chi connectivity index (χ0v) is 11.3. The molecule has 0 fully saturated rings. The molecule has 19 heavy (non-hydrogen) atoms. The molecule has 0 saturated heterocycles. The van der Waals surface area contributed by atoms with Crippen LogP contribution in [0.25, 0.3) is 0 Å². The molecule has 106 valence electrons. The Bertz CT molecular complexity index is 389. The summed E-state index contributed by atoms with van der Waals surface area (Å²) in [5.74, 6) is 0.0502. The highest BCUT2D eigenvalue weighted by molar-refractivity contribution is 5.78. The molecule has 1 amide bonds. The van der Waals surface area contributed by atoms with Gasteiger partial charge in [0.25, 0.3) is 6.43 Å². The average molecular weight is 270 g/mol. The van der Waals surface area contributed by atoms with Crippen molar-refractivity contribution in [1.29, 1.82) is 0 Å². The Morgan fingerprint density at radius 2 is 1.79 bits per heavy atom. The highest BCUT2D eigenvalue weighted by Gasteiger charge is 2.09. The van der Waals surface area contributed by atoms with Crippen molar-refractivity contribution in [3.8, 4) is 0 Å². The summed E-state index contributed by atoms with van der Waals surface area (Å²) in [6.07, 6.45) is -2.44. The van der Waals surface area contributed by atoms with Crippen LogP contribution >= 0.6 is 0 Å². The lowest BCUT2D eigenvalue weighted by Crippen LogP contribution is -2.37. The van der Waals surface area contributed by atoms with E-state index in [1.807, 2.05) is 13.8 Å². The van der Waals surface area contributed by atoms with Crippen molar-refractivity contribution >= 4 is 5.91 Å². The number of alkyl halides is 2. The van der Waals surface area contributed by atoms with Gasteiger partial charge in [0.05, 0.1) is 6.54 Å². The van der Waals surface area contributed by atoms with Crippen LogP contribution in [-0.4, -0.2) is 30.4 Å². The molecule has 0 aliphatic heterocycles. The molecule has 0 aliphatic rings. The van der Waals surface area contributed by atoms with Gasteiger partial charge in [-0.1, -0.05) is 24.3 Å². The number of halogens is 2. The lowest BCUT2D eigenvalue weighted by Gasteiger charge is -2.18. The first-order valence-corrected chi connectivity index (χ1v) is 6.44. The molecule has 0 radical (unpaired) electrons. The number of carbonyl (C=O) groups excluding carboxylic acids is 1. The molecule has 1 aromatic rings. The Kier molecular flexibility index (Phi) is 6.42. The molecule has 0 spiro atoms. The smallest absolute Gasteiger partial charge is 0.263 e. The molecule has 5 heteroatoms. The molecule has 0 aromatic heterocycles. The molecular formula is C14H20F2N2O. The summed E-state index contributed by atoms with van der Waals surface area (Å²) in [6, 6.07) is 6.12. The maximum atomic E-state index is 12.4. The Labute approximate surface area is 112 Å². The number of nitrogens with zero attached hydrogens (tertiary/aromatic N) is 1. The van der Waals surface area contributed by atoms with E-state index in [1.165, 1.54) is 12.1 Å². The SMILES string of the molecule is CCN(CC)C(=O)CNCc1ccc(C(F)F)cc1. The van der Waals surface area contributed by atoms with Gasteiger partial charge in [-0.15, -0.1) is 0 Å². The lowest BCUT2D eigenvalue weighted by atomic mass is 10.1. The maximum Gasteiger partial charge on any atom is 0.263 e. The zero-order valence-electron chi connectivity index (χ0n) is 11.3. The summed E-state index contributed by atoms with van der Waals surface area (Å²) in [7, 11) is 0. The van der Waals surface area contributed by atoms with E-state index in [4.69, 9.17) is 0 Å². The Morgan fingerprint density at radius 1 is 1.21 bits per heavy atom. The van der Waals surface area contributed by atoms with Gasteiger partial charge in [0.15, 0.2) is 0 Å². The predicted octanol–water partition coefficient (Wildman–Crippen LogP) is 2.58. The van der Waals surface area contributed by atoms with Crippen molar-refractivity contribution < 1.29 is 13.6 Å². The minimum atomic E-state index is -2.44. The minimum Gasteiger partial charge on any atom is -0.342 e. The summed E-state index contributed by atoms with van der Waals surface area (Å²) in [5, 5.41) is 3.02. The topological polar surface area (TPSA) is 32.3 Å². The normalized spacial score (nSPS) is 10.8. The molecule has 0 unspecified atom stereocenters. The van der Waals surface area contributed by atoms with Crippen LogP contribution in [-0.2, 0) is 11.3 Å². The quantitative estimate of drug-likeness (QED) is 0.826. The molecule has 1 N–H and O–H groups in total. The van der Waals surface area contributed by atoms with Gasteiger partial charge in [0.1, 0.15) is 0 Å². The molecular weight excluding hydrogens is 250 g/mol. The fraction of sp³-hybridized carbons (Fsp3) is 0.500. The molecule has 3 nitrogen and oxygen atoms in total. The van der Waals surface area contributed by atoms with E-state index in [9.17, 15) is 13.6 Å². The molecule has 1 aromatic carbocycles. The van der Waals surface area contributed by atoms with Crippen molar-refractivity contribution in [2.45, 2.75) is 26.8 Å². The number of likely N-dealkylation sites (N-methyl/N-ethyl adjacent to an activating group) is 1. The number of hydrogen-bond donors (Lipinski definition) is 1. The van der Waals surface area contributed by atoms with Gasteiger partial charge in [-0.2, -0.15) is 0 Å². The van der Waals surface area contributed by atoms with E-state index in [-0.39, 0.29) is 18.0 Å². The highest BCUT2D eigenvalue weighted by atomic mass is 19.3. The van der Waals surface area contributed by atoms with Crippen molar-refractivity contribution in [1.82, 2.24) is 10.2 Å². The second-order valence-electron chi connectivity index (χ2n) is 4.21. The standard InChI is InChI=1S/C14H20F2N2O/c1-3-18(4-2)13(19)10-17-9-11-5-7-12(8-6-11)14(15)16/h5-8,14,17H,3-4,9-10H2,1-2H3. The number of amides is 1. The van der Waals surface area contributed by atoms with E-state index in [1.54, 1.807) is 17.0 Å². The third kappa shape index (κ3) is 4.95. The van der Waals surface area contributed by atoms with Crippen molar-refractivity contribution in [3.05, 3.63) is 35.4 Å². The Balaban J connectivity index is 2.39. The summed E-state index contributed by atoms with van der Waals surface area (Å²) >= 11 is 0. The lowest BCUT2D eigenvalue weighted by molar-refractivity contribution is -0.129. The first-order chi connectivity index (χ1) is 9.08. The van der Waals surface area contributed by atoms with Crippen LogP contribution in [0.3, 0.4) is 0 Å². The van der Waals surface area contributed by atoms with Crippen molar-refractivity contribution in [2.75, 3.05) is 19.6 Å². The molecule has 0 atom stereocenters. The van der Waals surface area contributed by atoms with Gasteiger partial charge < -0.3 is 10.2 Å². The maximum absolute atomic E-state index is 12.4. The van der Waals surface area contributed by atoms with Gasteiger partial charge >= 0.3 is 0 Å². The van der Waals surface area contributed by atoms with Crippen molar-refractivity contribution in [2.24, 2.45) is 0 Å². The van der Waals surface area contributed by atoms with E-state index < -0.39 is 6.43 Å². The highest BCUT2D eigenvalue weighted by Crippen LogP contribution is 2.18. The monoisotopic (exact) mass is 270 g/mol. The minimum absolute atomic E-state index is 0.0166. The van der Waals surface area contributed by atoms with E-state index in [0.717, 1.165) is 5.56 Å². The number of nitrogens with one attached hydrogen (secondary N) is 1. The van der Waals surface area contributed by atoms with E-state index >= 15 is 0 Å². The summed E-state index contributed by atoms with van der Waals surface area (Å²) < 4.78 is 24.7. The Hall–Kier alpha value is -1.49. The van der Waals surface area contributed by atoms with E-state index in [0.29, 0.717) is 19.6 Å². The molecule has 0 aliphatic carbocycles. The zero-order chi connectivity index (χ0) is 14.3. The van der Waals surface area contributed by atoms with Gasteiger partial charge in [-0.25, -0.2) is 8.78 Å². The van der Waals surface area contributed by atoms with Gasteiger partial charge in [-0.3, -0.25) is 4.79 Å². The van der Waals surface area contributed by atoms with Gasteiger partial charge in [0.2, 0.25) is 5.91 Å². The molecule has 0 heterocycles. The number of rotatable bonds is 7. The molecule has 1 rings (SSSR count). The fourth-order valence-electron chi connectivity index (χ4n) is 1.78. The number of hydrogen-bond acceptors (Lipinski definition) is 2. The number of benzene rings is 1. The second kappa shape index (κ2) is 7.84. The van der Waals surface area contributed by atoms with Gasteiger partial charge in [-0.05, 0) is 19.4 Å². The summed E-state index contributed by atoms with van der Waals surface area (Å²) in [5.41, 5.74) is 0.903. The molecule has 0 bridgehead atoms. The van der Waals surface area contributed by atoms with Crippen LogP contribution in [0.15, 0.2) is 24.3 Å². The van der Waals surface area contributed by atoms with Crippen LogP contribution in [0.2, 0.25) is 0 Å². The summed E-state index contributed by atoms with van der Waals surface area (Å²) in [6.45, 7) is 6.02. The van der Waals surface area contributed by atoms with Crippen LogP contribution in [0, 0.1) is 0 Å². The van der Waals surface area contributed by atoms with Crippen LogP contribution < -0.4 is 5.32 Å². The Morgan fingerprint density at radius 3 is 2.26 bits per heavy atom. The second-order valence-corrected chi connectivity index (χ2v) is 4.21. The van der Waals surface area contributed by atoms with Gasteiger partial charge in [0, 0.05) is 25.2 Å². The first-order valence-electron chi connectivity index (χ1n) is 6.44. The predicted molar refractivity (Wildman–Crippen MR) is 71.0 cm³/mol. The average Bonchev–Trinajstić information content (AvgIpc) is 2.40. The van der Waals surface area contributed by atoms with E-state index in [2.05, 4.69) is 5.32 Å². The summed E-state index contributed by atoms with van der Waals surface area (Å²) in [4.78, 5) is 13.4. The fourth-order valence-corrected chi connectivity index (χ4v) is 1.78. The first kappa shape index (κ1) is 15.6. The van der Waals surface area contributed by atoms with Crippen LogP contribution in [0.1, 0.15) is 31.4 Å². The number of carbonyl (C=O) groups is 1. The van der Waals surface area contributed by atoms with Crippen LogP contribution in [0.5, 0.6) is 0 Å². The largest absolute Gasteiger partial charge is 0.342 e. The van der Waals surface area contributed by atoms with Crippen molar-refractivity contribution in [3.63, 3.8) is 0 Å².